The highest BCUT2D eigenvalue weighted by Gasteiger charge is 2.20. The van der Waals surface area contributed by atoms with Crippen molar-refractivity contribution in [3.63, 3.8) is 0 Å². The maximum atomic E-state index is 5.36. The monoisotopic (exact) mass is 293 g/mol. The van der Waals surface area contributed by atoms with E-state index < -0.39 is 0 Å². The van der Waals surface area contributed by atoms with Gasteiger partial charge in [0.15, 0.2) is 11.5 Å². The van der Waals surface area contributed by atoms with Gasteiger partial charge in [0.25, 0.3) is 0 Å². The minimum Gasteiger partial charge on any atom is -0.493 e. The summed E-state index contributed by atoms with van der Waals surface area (Å²) in [6.07, 6.45) is 0.872. The molecule has 5 nitrogen and oxygen atoms in total. The Bertz CT molecular complexity index is 571. The highest BCUT2D eigenvalue weighted by Crippen LogP contribution is 2.33. The number of aromatic nitrogens is 2. The molecule has 20 heavy (non-hydrogen) atoms. The van der Waals surface area contributed by atoms with Crippen LogP contribution in [-0.4, -0.2) is 30.9 Å². The molecule has 2 rings (SSSR count). The summed E-state index contributed by atoms with van der Waals surface area (Å²) in [6, 6.07) is 5.99. The number of nitrogens with one attached hydrogen (secondary N) is 1. The second-order valence-electron chi connectivity index (χ2n) is 4.27. The third-order valence-corrected chi connectivity index (χ3v) is 4.04. The van der Waals surface area contributed by atoms with Crippen LogP contribution in [-0.2, 0) is 6.42 Å². The van der Waals surface area contributed by atoms with Crippen LogP contribution < -0.4 is 14.8 Å². The van der Waals surface area contributed by atoms with E-state index in [1.807, 2.05) is 25.2 Å². The summed E-state index contributed by atoms with van der Waals surface area (Å²) in [5, 5.41) is 7.50. The van der Waals surface area contributed by atoms with Gasteiger partial charge in [0, 0.05) is 0 Å². The van der Waals surface area contributed by atoms with Gasteiger partial charge in [-0.2, -0.15) is 0 Å². The molecule has 108 valence electrons. The highest BCUT2D eigenvalue weighted by molar-refractivity contribution is 7.05. The molecule has 0 amide bonds. The van der Waals surface area contributed by atoms with Crippen LogP contribution >= 0.6 is 11.5 Å². The van der Waals surface area contributed by atoms with Crippen LogP contribution in [0.1, 0.15) is 29.1 Å². The lowest BCUT2D eigenvalue weighted by atomic mass is 10.0. The molecule has 0 aliphatic rings. The molecule has 1 atom stereocenters. The molecule has 1 unspecified atom stereocenters. The number of methoxy groups -OCH3 is 2. The predicted octanol–water partition coefficient (Wildman–Crippen LogP) is 2.43. The van der Waals surface area contributed by atoms with Crippen molar-refractivity contribution < 1.29 is 9.47 Å². The van der Waals surface area contributed by atoms with Gasteiger partial charge in [-0.3, -0.25) is 0 Å². The maximum Gasteiger partial charge on any atom is 0.161 e. The highest BCUT2D eigenvalue weighted by atomic mass is 32.1. The van der Waals surface area contributed by atoms with Gasteiger partial charge in [-0.25, -0.2) is 0 Å². The zero-order valence-electron chi connectivity index (χ0n) is 12.1. The SMILES string of the molecule is CCc1nnsc1C(NC)c1ccc(OC)c(OC)c1. The van der Waals surface area contributed by atoms with E-state index in [0.717, 1.165) is 34.1 Å². The van der Waals surface area contributed by atoms with E-state index in [1.165, 1.54) is 11.5 Å². The lowest BCUT2D eigenvalue weighted by molar-refractivity contribution is 0.354. The number of ether oxygens (including phenoxy) is 2. The second kappa shape index (κ2) is 6.67. The van der Waals surface area contributed by atoms with E-state index in [0.29, 0.717) is 0 Å². The van der Waals surface area contributed by atoms with Gasteiger partial charge in [0.05, 0.1) is 30.8 Å². The van der Waals surface area contributed by atoms with E-state index >= 15 is 0 Å². The predicted molar refractivity (Wildman–Crippen MR) is 79.7 cm³/mol. The van der Waals surface area contributed by atoms with Gasteiger partial charge in [-0.05, 0) is 42.7 Å². The van der Waals surface area contributed by atoms with Gasteiger partial charge in [0.2, 0.25) is 0 Å². The first-order valence-corrected chi connectivity index (χ1v) is 7.22. The van der Waals surface area contributed by atoms with Crippen molar-refractivity contribution in [1.82, 2.24) is 14.9 Å². The number of rotatable bonds is 6. The van der Waals surface area contributed by atoms with Crippen LogP contribution in [0.4, 0.5) is 0 Å². The Morgan fingerprint density at radius 2 is 2.00 bits per heavy atom. The first-order valence-electron chi connectivity index (χ1n) is 6.45. The van der Waals surface area contributed by atoms with Crippen molar-refractivity contribution in [1.29, 1.82) is 0 Å². The maximum absolute atomic E-state index is 5.36. The Morgan fingerprint density at radius 3 is 2.60 bits per heavy atom. The van der Waals surface area contributed by atoms with Crippen molar-refractivity contribution in [2.24, 2.45) is 0 Å². The summed E-state index contributed by atoms with van der Waals surface area (Å²) in [7, 11) is 5.21. The first kappa shape index (κ1) is 14.7. The normalized spacial score (nSPS) is 12.2. The van der Waals surface area contributed by atoms with Gasteiger partial charge in [-0.1, -0.05) is 17.5 Å². The molecule has 0 saturated carbocycles. The molecule has 1 aromatic carbocycles. The Balaban J connectivity index is 2.42. The molecule has 0 radical (unpaired) electrons. The number of aryl methyl sites for hydroxylation is 1. The van der Waals surface area contributed by atoms with Crippen molar-refractivity contribution >= 4 is 11.5 Å². The number of benzene rings is 1. The molecule has 0 bridgehead atoms. The van der Waals surface area contributed by atoms with E-state index in [9.17, 15) is 0 Å². The van der Waals surface area contributed by atoms with E-state index in [4.69, 9.17) is 9.47 Å². The van der Waals surface area contributed by atoms with Crippen LogP contribution in [0, 0.1) is 0 Å². The van der Waals surface area contributed by atoms with Gasteiger partial charge < -0.3 is 14.8 Å². The Kier molecular flexibility index (Phi) is 4.92. The molecule has 6 heteroatoms. The molecule has 1 heterocycles. The fourth-order valence-corrected chi connectivity index (χ4v) is 3.04. The molecule has 1 N–H and O–H groups in total. The van der Waals surface area contributed by atoms with Gasteiger partial charge in [0.1, 0.15) is 0 Å². The number of hydrogen-bond acceptors (Lipinski definition) is 6. The van der Waals surface area contributed by atoms with Crippen molar-refractivity contribution in [3.05, 3.63) is 34.3 Å². The zero-order valence-corrected chi connectivity index (χ0v) is 13.0. The molecule has 0 aliphatic carbocycles. The summed E-state index contributed by atoms with van der Waals surface area (Å²) in [6.45, 7) is 2.08. The summed E-state index contributed by atoms with van der Waals surface area (Å²) >= 11 is 1.43. The van der Waals surface area contributed by atoms with Crippen LogP contribution in [0.15, 0.2) is 18.2 Å². The quantitative estimate of drug-likeness (QED) is 0.886. The third kappa shape index (κ3) is 2.76. The largest absolute Gasteiger partial charge is 0.493 e. The zero-order chi connectivity index (χ0) is 14.5. The molecule has 0 fully saturated rings. The minimum absolute atomic E-state index is 0.0600. The van der Waals surface area contributed by atoms with Gasteiger partial charge >= 0.3 is 0 Å². The fourth-order valence-electron chi connectivity index (χ4n) is 2.16. The summed E-state index contributed by atoms with van der Waals surface area (Å²) in [4.78, 5) is 1.14. The average molecular weight is 293 g/mol. The summed E-state index contributed by atoms with van der Waals surface area (Å²) in [5.74, 6) is 1.45. The fraction of sp³-hybridized carbons (Fsp3) is 0.429. The molecular formula is C14H19N3O2S. The first-order chi connectivity index (χ1) is 9.74. The lowest BCUT2D eigenvalue weighted by Gasteiger charge is -2.17. The topological polar surface area (TPSA) is 56.3 Å². The molecule has 1 aromatic heterocycles. The van der Waals surface area contributed by atoms with Crippen LogP contribution in [0.2, 0.25) is 0 Å². The van der Waals surface area contributed by atoms with Crippen LogP contribution in [0.25, 0.3) is 0 Å². The minimum atomic E-state index is 0.0600. The van der Waals surface area contributed by atoms with Crippen molar-refractivity contribution in [2.45, 2.75) is 19.4 Å². The summed E-state index contributed by atoms with van der Waals surface area (Å²) in [5.41, 5.74) is 2.13. The molecule has 0 aliphatic heterocycles. The standard InChI is InChI=1S/C14H19N3O2S/c1-5-10-14(20-17-16-10)13(15-2)9-6-7-11(18-3)12(8-9)19-4/h6-8,13,15H,5H2,1-4H3. The van der Waals surface area contributed by atoms with E-state index in [1.54, 1.807) is 14.2 Å². The average Bonchev–Trinajstić information content (AvgIpc) is 2.96. The molecule has 0 saturated heterocycles. The summed E-state index contributed by atoms with van der Waals surface area (Å²) < 4.78 is 14.7. The van der Waals surface area contributed by atoms with E-state index in [2.05, 4.69) is 21.8 Å². The molecular weight excluding hydrogens is 274 g/mol. The van der Waals surface area contributed by atoms with Crippen molar-refractivity contribution in [3.8, 4) is 11.5 Å². The van der Waals surface area contributed by atoms with Crippen LogP contribution in [0.3, 0.4) is 0 Å². The Morgan fingerprint density at radius 1 is 1.25 bits per heavy atom. The second-order valence-corrected chi connectivity index (χ2v) is 5.06. The van der Waals surface area contributed by atoms with E-state index in [-0.39, 0.29) is 6.04 Å². The smallest absolute Gasteiger partial charge is 0.161 e. The lowest BCUT2D eigenvalue weighted by Crippen LogP contribution is -2.18. The number of nitrogens with zero attached hydrogens (tertiary/aromatic N) is 2. The third-order valence-electron chi connectivity index (χ3n) is 3.21. The Hall–Kier alpha value is -1.66. The molecule has 2 aromatic rings. The number of hydrogen-bond donors (Lipinski definition) is 1. The Labute approximate surface area is 123 Å². The van der Waals surface area contributed by atoms with Gasteiger partial charge in [-0.15, -0.1) is 5.10 Å². The van der Waals surface area contributed by atoms with Crippen LogP contribution in [0.5, 0.6) is 11.5 Å². The van der Waals surface area contributed by atoms with Crippen molar-refractivity contribution in [2.75, 3.05) is 21.3 Å². The molecule has 0 spiro atoms.